The smallest absolute Gasteiger partial charge is 0.337 e. The number of urea groups is 1. The number of amides is 3. The van der Waals surface area contributed by atoms with E-state index in [0.717, 1.165) is 0 Å². The molecule has 2 rings (SSSR count). The second-order valence-electron chi connectivity index (χ2n) is 6.67. The number of anilines is 1. The number of carbonyl (C=O) groups is 2. The molecule has 7 heteroatoms. The molecule has 0 radical (unpaired) electrons. The van der Waals surface area contributed by atoms with Crippen LogP contribution in [0, 0.1) is 0 Å². The first-order valence-corrected chi connectivity index (χ1v) is 8.47. The zero-order chi connectivity index (χ0) is 19.2. The average Bonchev–Trinajstić information content (AvgIpc) is 2.60. The second-order valence-corrected chi connectivity index (χ2v) is 7.08. The van der Waals surface area contributed by atoms with Crippen molar-refractivity contribution >= 4 is 29.2 Å². The van der Waals surface area contributed by atoms with Gasteiger partial charge in [0.25, 0.3) is 5.91 Å². The van der Waals surface area contributed by atoms with Gasteiger partial charge in [-0.05, 0) is 35.2 Å². The summed E-state index contributed by atoms with van der Waals surface area (Å²) in [5.41, 5.74) is 6.16. The Bertz CT molecular complexity index is 770. The predicted octanol–water partition coefficient (Wildman–Crippen LogP) is 3.87. The fourth-order valence-electron chi connectivity index (χ4n) is 2.08. The molecule has 0 saturated heterocycles. The summed E-state index contributed by atoms with van der Waals surface area (Å²) in [4.78, 5) is 23.5. The van der Waals surface area contributed by atoms with Crippen molar-refractivity contribution in [2.24, 2.45) is 0 Å². The van der Waals surface area contributed by atoms with Crippen LogP contribution in [0.2, 0.25) is 5.02 Å². The minimum Gasteiger partial charge on any atom is -0.484 e. The molecule has 0 unspecified atom stereocenters. The van der Waals surface area contributed by atoms with Gasteiger partial charge >= 0.3 is 6.03 Å². The van der Waals surface area contributed by atoms with Crippen molar-refractivity contribution in [3.05, 3.63) is 59.1 Å². The standard InChI is InChI=1S/C19H22ClN3O3/c1-19(2,3)13-8-10-14(11-9-13)26-12-17(24)22-23-18(25)21-16-7-5-4-6-15(16)20/h4-11H,12H2,1-3H3,(H,22,24)(H2,21,23,25). The molecule has 6 nitrogen and oxygen atoms in total. The van der Waals surface area contributed by atoms with Crippen LogP contribution < -0.4 is 20.9 Å². The Kier molecular flexibility index (Phi) is 6.46. The molecule has 0 fully saturated rings. The number of ether oxygens (including phenoxy) is 1. The molecule has 0 aliphatic carbocycles. The van der Waals surface area contributed by atoms with Crippen LogP contribution in [0.25, 0.3) is 0 Å². The van der Waals surface area contributed by atoms with Crippen molar-refractivity contribution in [1.29, 1.82) is 0 Å². The Hall–Kier alpha value is -2.73. The molecule has 3 N–H and O–H groups in total. The van der Waals surface area contributed by atoms with E-state index >= 15 is 0 Å². The Labute approximate surface area is 157 Å². The van der Waals surface area contributed by atoms with Gasteiger partial charge in [-0.1, -0.05) is 56.6 Å². The monoisotopic (exact) mass is 375 g/mol. The van der Waals surface area contributed by atoms with E-state index in [2.05, 4.69) is 36.9 Å². The van der Waals surface area contributed by atoms with Gasteiger partial charge in [-0.2, -0.15) is 0 Å². The van der Waals surface area contributed by atoms with E-state index in [0.29, 0.717) is 16.5 Å². The van der Waals surface area contributed by atoms with Gasteiger partial charge < -0.3 is 10.1 Å². The summed E-state index contributed by atoms with van der Waals surface area (Å²) in [5, 5.41) is 2.92. The van der Waals surface area contributed by atoms with Gasteiger partial charge in [0.05, 0.1) is 10.7 Å². The van der Waals surface area contributed by atoms with Gasteiger partial charge in [-0.25, -0.2) is 10.2 Å². The molecular formula is C19H22ClN3O3. The van der Waals surface area contributed by atoms with E-state index in [1.54, 1.807) is 24.3 Å². The van der Waals surface area contributed by atoms with Gasteiger partial charge in [0.2, 0.25) is 0 Å². The Morgan fingerprint density at radius 2 is 1.65 bits per heavy atom. The number of nitrogens with one attached hydrogen (secondary N) is 3. The maximum Gasteiger partial charge on any atom is 0.337 e. The van der Waals surface area contributed by atoms with Gasteiger partial charge in [0.1, 0.15) is 5.75 Å². The van der Waals surface area contributed by atoms with E-state index in [1.165, 1.54) is 5.56 Å². The minimum absolute atomic E-state index is 0.0504. The number of halogens is 1. The number of hydrazine groups is 1. The van der Waals surface area contributed by atoms with Crippen LogP contribution in [0.5, 0.6) is 5.75 Å². The lowest BCUT2D eigenvalue weighted by Gasteiger charge is -2.19. The third kappa shape index (κ3) is 5.97. The summed E-state index contributed by atoms with van der Waals surface area (Å²) < 4.78 is 5.40. The summed E-state index contributed by atoms with van der Waals surface area (Å²) in [6.45, 7) is 6.14. The first-order valence-electron chi connectivity index (χ1n) is 8.09. The summed E-state index contributed by atoms with van der Waals surface area (Å²) in [7, 11) is 0. The van der Waals surface area contributed by atoms with Gasteiger partial charge in [0, 0.05) is 0 Å². The van der Waals surface area contributed by atoms with Crippen LogP contribution in [0.4, 0.5) is 10.5 Å². The lowest BCUT2D eigenvalue weighted by Crippen LogP contribution is -2.45. The topological polar surface area (TPSA) is 79.5 Å². The lowest BCUT2D eigenvalue weighted by atomic mass is 9.87. The van der Waals surface area contributed by atoms with Crippen LogP contribution in [-0.4, -0.2) is 18.5 Å². The SMILES string of the molecule is CC(C)(C)c1ccc(OCC(=O)NNC(=O)Nc2ccccc2Cl)cc1. The van der Waals surface area contributed by atoms with Crippen molar-refractivity contribution in [1.82, 2.24) is 10.9 Å². The fourth-order valence-corrected chi connectivity index (χ4v) is 2.26. The van der Waals surface area contributed by atoms with E-state index in [9.17, 15) is 9.59 Å². The number of para-hydroxylation sites is 1. The maximum atomic E-state index is 11.8. The molecule has 0 spiro atoms. The van der Waals surface area contributed by atoms with Crippen molar-refractivity contribution in [2.75, 3.05) is 11.9 Å². The van der Waals surface area contributed by atoms with Crippen LogP contribution >= 0.6 is 11.6 Å². The summed E-state index contributed by atoms with van der Waals surface area (Å²) in [6, 6.07) is 13.7. The summed E-state index contributed by atoms with van der Waals surface area (Å²) >= 11 is 5.94. The average molecular weight is 376 g/mol. The molecule has 138 valence electrons. The molecule has 26 heavy (non-hydrogen) atoms. The Morgan fingerprint density at radius 3 is 2.27 bits per heavy atom. The first kappa shape index (κ1) is 19.6. The Balaban J connectivity index is 1.75. The largest absolute Gasteiger partial charge is 0.484 e. The normalized spacial score (nSPS) is 10.8. The molecular weight excluding hydrogens is 354 g/mol. The number of rotatable bonds is 4. The summed E-state index contributed by atoms with van der Waals surface area (Å²) in [6.07, 6.45) is 0. The number of benzene rings is 2. The predicted molar refractivity (Wildman–Crippen MR) is 102 cm³/mol. The van der Waals surface area contributed by atoms with Gasteiger partial charge in [-0.3, -0.25) is 10.2 Å². The maximum absolute atomic E-state index is 11.8. The molecule has 0 bridgehead atoms. The highest BCUT2D eigenvalue weighted by molar-refractivity contribution is 6.33. The lowest BCUT2D eigenvalue weighted by molar-refractivity contribution is -0.123. The van der Waals surface area contributed by atoms with E-state index < -0.39 is 11.9 Å². The highest BCUT2D eigenvalue weighted by Gasteiger charge is 2.13. The zero-order valence-corrected chi connectivity index (χ0v) is 15.7. The van der Waals surface area contributed by atoms with Crippen LogP contribution in [0.1, 0.15) is 26.3 Å². The number of hydrogen-bond donors (Lipinski definition) is 3. The van der Waals surface area contributed by atoms with Crippen LogP contribution in [0.15, 0.2) is 48.5 Å². The molecule has 0 aliphatic rings. The fraction of sp³-hybridized carbons (Fsp3) is 0.263. The van der Waals surface area contributed by atoms with Gasteiger partial charge in [0.15, 0.2) is 6.61 Å². The molecule has 0 aliphatic heterocycles. The van der Waals surface area contributed by atoms with E-state index in [-0.39, 0.29) is 12.0 Å². The Morgan fingerprint density at radius 1 is 1.00 bits per heavy atom. The highest BCUT2D eigenvalue weighted by Crippen LogP contribution is 2.24. The molecule has 0 saturated carbocycles. The number of carbonyl (C=O) groups excluding carboxylic acids is 2. The van der Waals surface area contributed by atoms with Crippen molar-refractivity contribution in [2.45, 2.75) is 26.2 Å². The molecule has 0 aromatic heterocycles. The van der Waals surface area contributed by atoms with Crippen molar-refractivity contribution in [3.8, 4) is 5.75 Å². The zero-order valence-electron chi connectivity index (χ0n) is 14.9. The number of hydrogen-bond acceptors (Lipinski definition) is 3. The third-order valence-corrected chi connectivity index (χ3v) is 3.86. The molecule has 2 aromatic rings. The van der Waals surface area contributed by atoms with Crippen LogP contribution in [0.3, 0.4) is 0 Å². The van der Waals surface area contributed by atoms with E-state index in [4.69, 9.17) is 16.3 Å². The minimum atomic E-state index is -0.610. The molecule has 3 amide bonds. The molecule has 0 atom stereocenters. The molecule has 2 aromatic carbocycles. The molecule has 0 heterocycles. The quantitative estimate of drug-likeness (QED) is 0.710. The van der Waals surface area contributed by atoms with Gasteiger partial charge in [-0.15, -0.1) is 0 Å². The highest BCUT2D eigenvalue weighted by atomic mass is 35.5. The van der Waals surface area contributed by atoms with Crippen LogP contribution in [-0.2, 0) is 10.2 Å². The third-order valence-electron chi connectivity index (χ3n) is 3.53. The van der Waals surface area contributed by atoms with Crippen molar-refractivity contribution < 1.29 is 14.3 Å². The summed E-state index contributed by atoms with van der Waals surface area (Å²) in [5.74, 6) is 0.0906. The van der Waals surface area contributed by atoms with Crippen molar-refractivity contribution in [3.63, 3.8) is 0 Å². The first-order chi connectivity index (χ1) is 12.3. The van der Waals surface area contributed by atoms with E-state index in [1.807, 2.05) is 24.3 Å². The second kappa shape index (κ2) is 8.58.